The average molecular weight is 240 g/mol. The van der Waals surface area contributed by atoms with Crippen LogP contribution in [0, 0.1) is 11.8 Å². The van der Waals surface area contributed by atoms with Crippen LogP contribution in [0.4, 0.5) is 0 Å². The van der Waals surface area contributed by atoms with Gasteiger partial charge in [-0.25, -0.2) is 0 Å². The van der Waals surface area contributed by atoms with Crippen molar-refractivity contribution in [2.75, 3.05) is 26.4 Å². The highest BCUT2D eigenvalue weighted by atomic mass is 16.6. The summed E-state index contributed by atoms with van der Waals surface area (Å²) in [7, 11) is 0. The summed E-state index contributed by atoms with van der Waals surface area (Å²) in [6.07, 6.45) is 5.41. The summed E-state index contributed by atoms with van der Waals surface area (Å²) < 4.78 is 22.2. The molecule has 4 heteroatoms. The monoisotopic (exact) mass is 240 g/mol. The Morgan fingerprint density at radius 2 is 1.24 bits per heavy atom. The van der Waals surface area contributed by atoms with Gasteiger partial charge in [-0.2, -0.15) is 0 Å². The van der Waals surface area contributed by atoms with Crippen LogP contribution in [0.25, 0.3) is 0 Å². The van der Waals surface area contributed by atoms with Gasteiger partial charge in [0.25, 0.3) is 0 Å². The topological polar surface area (TPSA) is 43.5 Å². The minimum atomic E-state index is 0.396. The van der Waals surface area contributed by atoms with Crippen LogP contribution < -0.4 is 0 Å². The second-order valence-corrected chi connectivity index (χ2v) is 5.88. The lowest BCUT2D eigenvalue weighted by Gasteiger charge is -2.27. The Morgan fingerprint density at radius 1 is 0.765 bits per heavy atom. The third-order valence-electron chi connectivity index (χ3n) is 4.52. The molecule has 2 aliphatic heterocycles. The van der Waals surface area contributed by atoms with Crippen molar-refractivity contribution in [1.29, 1.82) is 0 Å². The minimum absolute atomic E-state index is 0.396. The molecule has 2 aliphatic carbocycles. The highest BCUT2D eigenvalue weighted by molar-refractivity contribution is 4.97. The molecule has 4 aliphatic rings. The Balaban J connectivity index is 1.23. The van der Waals surface area contributed by atoms with Crippen LogP contribution in [0.2, 0.25) is 0 Å². The molecule has 0 aromatic heterocycles. The second kappa shape index (κ2) is 4.19. The van der Waals surface area contributed by atoms with Gasteiger partial charge in [-0.05, 0) is 31.1 Å². The largest absolute Gasteiger partial charge is 0.375 e. The van der Waals surface area contributed by atoms with Crippen LogP contribution >= 0.6 is 0 Å². The number of hydrogen-bond donors (Lipinski definition) is 0. The van der Waals surface area contributed by atoms with Crippen LogP contribution in [0.5, 0.6) is 0 Å². The average Bonchev–Trinajstić information content (AvgIpc) is 3.25. The summed E-state index contributed by atoms with van der Waals surface area (Å²) in [6.45, 7) is 3.40. The van der Waals surface area contributed by atoms with Gasteiger partial charge in [0.1, 0.15) is 12.2 Å². The molecule has 0 N–H and O–H groups in total. The molecular weight excluding hydrogens is 220 g/mol. The quantitative estimate of drug-likeness (QED) is 0.649. The SMILES string of the molecule is C1OC1COC1CC2CC1CC2OCC1CO1. The number of ether oxygens (including phenoxy) is 4. The van der Waals surface area contributed by atoms with Crippen molar-refractivity contribution in [1.82, 2.24) is 0 Å². The molecule has 0 aromatic rings. The third kappa shape index (κ3) is 2.36. The zero-order valence-corrected chi connectivity index (χ0v) is 10.0. The highest BCUT2D eigenvalue weighted by Crippen LogP contribution is 2.47. The Labute approximate surface area is 102 Å². The molecule has 6 atom stereocenters. The molecule has 6 unspecified atom stereocenters. The van der Waals surface area contributed by atoms with Crippen molar-refractivity contribution in [3.8, 4) is 0 Å². The predicted molar refractivity (Wildman–Crippen MR) is 59.8 cm³/mol. The number of rotatable bonds is 6. The fraction of sp³-hybridized carbons (Fsp3) is 1.00. The zero-order chi connectivity index (χ0) is 11.2. The molecule has 96 valence electrons. The van der Waals surface area contributed by atoms with E-state index in [1.807, 2.05) is 0 Å². The van der Waals surface area contributed by atoms with Crippen molar-refractivity contribution < 1.29 is 18.9 Å². The van der Waals surface area contributed by atoms with Gasteiger partial charge in [-0.15, -0.1) is 0 Å². The van der Waals surface area contributed by atoms with Gasteiger partial charge < -0.3 is 18.9 Å². The number of fused-ring (bicyclic) bond motifs is 2. The van der Waals surface area contributed by atoms with Crippen LogP contribution in [-0.2, 0) is 18.9 Å². The lowest BCUT2D eigenvalue weighted by atomic mass is 9.95. The van der Waals surface area contributed by atoms with E-state index < -0.39 is 0 Å². The van der Waals surface area contributed by atoms with Crippen LogP contribution in [-0.4, -0.2) is 50.8 Å². The normalized spacial score (nSPS) is 50.8. The molecule has 2 saturated carbocycles. The Morgan fingerprint density at radius 3 is 1.59 bits per heavy atom. The van der Waals surface area contributed by atoms with Gasteiger partial charge in [0.15, 0.2) is 0 Å². The van der Waals surface area contributed by atoms with Crippen molar-refractivity contribution in [3.05, 3.63) is 0 Å². The van der Waals surface area contributed by atoms with E-state index in [0.717, 1.165) is 38.3 Å². The molecule has 0 radical (unpaired) electrons. The van der Waals surface area contributed by atoms with E-state index in [2.05, 4.69) is 0 Å². The van der Waals surface area contributed by atoms with E-state index in [1.54, 1.807) is 0 Å². The van der Waals surface area contributed by atoms with Crippen molar-refractivity contribution in [3.63, 3.8) is 0 Å². The van der Waals surface area contributed by atoms with E-state index in [4.69, 9.17) is 18.9 Å². The van der Waals surface area contributed by atoms with Gasteiger partial charge in [0.05, 0.1) is 38.6 Å². The summed E-state index contributed by atoms with van der Waals surface area (Å²) in [5.41, 5.74) is 0. The molecule has 2 bridgehead atoms. The number of hydrogen-bond acceptors (Lipinski definition) is 4. The first-order valence-electron chi connectivity index (χ1n) is 6.85. The smallest absolute Gasteiger partial charge is 0.104 e. The first-order valence-corrected chi connectivity index (χ1v) is 6.85. The Hall–Kier alpha value is -0.160. The Bertz CT molecular complexity index is 259. The summed E-state index contributed by atoms with van der Waals surface area (Å²) in [4.78, 5) is 0. The van der Waals surface area contributed by atoms with Gasteiger partial charge in [-0.3, -0.25) is 0 Å². The lowest BCUT2D eigenvalue weighted by Crippen LogP contribution is -2.31. The fourth-order valence-corrected chi connectivity index (χ4v) is 3.37. The maximum atomic E-state index is 5.94. The summed E-state index contributed by atoms with van der Waals surface area (Å²) >= 11 is 0. The molecular formula is C13H20O4. The van der Waals surface area contributed by atoms with Crippen molar-refractivity contribution in [2.45, 2.75) is 43.7 Å². The predicted octanol–water partition coefficient (Wildman–Crippen LogP) is 0.984. The molecule has 4 rings (SSSR count). The second-order valence-electron chi connectivity index (χ2n) is 5.88. The molecule has 2 heterocycles. The molecule has 0 amide bonds. The van der Waals surface area contributed by atoms with Gasteiger partial charge in [0.2, 0.25) is 0 Å². The maximum absolute atomic E-state index is 5.94. The molecule has 2 saturated heterocycles. The number of epoxide rings is 2. The van der Waals surface area contributed by atoms with E-state index in [0.29, 0.717) is 24.4 Å². The van der Waals surface area contributed by atoms with Crippen molar-refractivity contribution in [2.24, 2.45) is 11.8 Å². The standard InChI is InChI=1S/C13H20O4/c1-8-2-12(16-6-10-4-14-10)9(1)3-13(8)17-7-11-5-15-11/h8-13H,1-7H2. The van der Waals surface area contributed by atoms with Crippen molar-refractivity contribution >= 4 is 0 Å². The maximum Gasteiger partial charge on any atom is 0.104 e. The van der Waals surface area contributed by atoms with E-state index >= 15 is 0 Å². The van der Waals surface area contributed by atoms with E-state index in [1.165, 1.54) is 19.3 Å². The summed E-state index contributed by atoms with van der Waals surface area (Å²) in [6, 6.07) is 0. The molecule has 4 nitrogen and oxygen atoms in total. The van der Waals surface area contributed by atoms with E-state index in [-0.39, 0.29) is 0 Å². The van der Waals surface area contributed by atoms with Gasteiger partial charge >= 0.3 is 0 Å². The van der Waals surface area contributed by atoms with Crippen LogP contribution in [0.3, 0.4) is 0 Å². The van der Waals surface area contributed by atoms with Crippen LogP contribution in [0.15, 0.2) is 0 Å². The van der Waals surface area contributed by atoms with E-state index in [9.17, 15) is 0 Å². The summed E-state index contributed by atoms with van der Waals surface area (Å²) in [5.74, 6) is 1.45. The first-order chi connectivity index (χ1) is 8.38. The fourth-order valence-electron chi connectivity index (χ4n) is 3.37. The molecule has 0 aromatic carbocycles. The lowest BCUT2D eigenvalue weighted by molar-refractivity contribution is -0.0436. The highest BCUT2D eigenvalue weighted by Gasteiger charge is 2.47. The molecule has 17 heavy (non-hydrogen) atoms. The Kier molecular flexibility index (Phi) is 2.65. The minimum Gasteiger partial charge on any atom is -0.375 e. The first kappa shape index (κ1) is 10.7. The van der Waals surface area contributed by atoms with Gasteiger partial charge in [-0.1, -0.05) is 0 Å². The zero-order valence-electron chi connectivity index (χ0n) is 10.0. The summed E-state index contributed by atoms with van der Waals surface area (Å²) in [5, 5.41) is 0. The van der Waals surface area contributed by atoms with Crippen LogP contribution in [0.1, 0.15) is 19.3 Å². The molecule has 0 spiro atoms. The third-order valence-corrected chi connectivity index (χ3v) is 4.52. The van der Waals surface area contributed by atoms with Gasteiger partial charge in [0, 0.05) is 0 Å². The molecule has 4 fully saturated rings.